The number of carbonyl (C=O) groups is 1. The number of amides is 1. The molecular weight excluding hydrogens is 409 g/mol. The van der Waals surface area contributed by atoms with Crippen molar-refractivity contribution in [3.63, 3.8) is 0 Å². The molecule has 0 N–H and O–H groups in total. The zero-order valence-electron chi connectivity index (χ0n) is 19.3. The molecule has 5 rings (SSSR count). The van der Waals surface area contributed by atoms with Crippen LogP contribution in [0.1, 0.15) is 65.7 Å². The van der Waals surface area contributed by atoms with Crippen LogP contribution in [0.5, 0.6) is 5.75 Å². The Bertz CT molecular complexity index is 846. The predicted molar refractivity (Wildman–Crippen MR) is 123 cm³/mol. The van der Waals surface area contributed by atoms with E-state index in [2.05, 4.69) is 25.7 Å². The molecule has 1 amide bonds. The molecule has 31 heavy (non-hydrogen) atoms. The number of hydrogen-bond donors (Lipinski definition) is 0. The molecular formula is C26H36FNO2S. The lowest BCUT2D eigenvalue weighted by atomic mass is 9.45. The number of fused-ring (bicyclic) bond motifs is 5. The van der Waals surface area contributed by atoms with Crippen molar-refractivity contribution in [1.82, 2.24) is 4.90 Å². The minimum atomic E-state index is 0.242. The van der Waals surface area contributed by atoms with Gasteiger partial charge in [-0.2, -0.15) is 3.89 Å². The maximum atomic E-state index is 12.8. The smallest absolute Gasteiger partial charge is 0.222 e. The lowest BCUT2D eigenvalue weighted by molar-refractivity contribution is -0.164. The Labute approximate surface area is 190 Å². The molecule has 3 unspecified atom stereocenters. The summed E-state index contributed by atoms with van der Waals surface area (Å²) >= 11 is 0.277. The van der Waals surface area contributed by atoms with Crippen LogP contribution in [0.25, 0.3) is 0 Å². The van der Waals surface area contributed by atoms with Gasteiger partial charge in [-0.3, -0.25) is 4.79 Å². The molecule has 0 spiro atoms. The van der Waals surface area contributed by atoms with Gasteiger partial charge in [-0.25, -0.2) is 0 Å². The first-order valence-corrected chi connectivity index (χ1v) is 12.8. The lowest BCUT2D eigenvalue weighted by Crippen LogP contribution is -2.62. The number of likely N-dealkylation sites (tertiary alicyclic amines) is 1. The second-order valence-electron chi connectivity index (χ2n) is 11.5. The monoisotopic (exact) mass is 445 g/mol. The molecule has 3 nitrogen and oxygen atoms in total. The van der Waals surface area contributed by atoms with Crippen molar-refractivity contribution in [2.75, 3.05) is 7.05 Å². The Kier molecular flexibility index (Phi) is 5.35. The average Bonchev–Trinajstić information content (AvgIpc) is 3.09. The van der Waals surface area contributed by atoms with Crippen molar-refractivity contribution in [1.29, 1.82) is 0 Å². The lowest BCUT2D eigenvalue weighted by Gasteiger charge is -2.63. The van der Waals surface area contributed by atoms with Gasteiger partial charge in [0.1, 0.15) is 5.75 Å². The molecule has 3 aliphatic carbocycles. The molecule has 0 radical (unpaired) electrons. The fourth-order valence-electron chi connectivity index (χ4n) is 8.31. The van der Waals surface area contributed by atoms with Crippen LogP contribution in [-0.2, 0) is 4.79 Å². The van der Waals surface area contributed by atoms with Gasteiger partial charge < -0.3 is 9.64 Å². The first-order valence-electron chi connectivity index (χ1n) is 12.1. The van der Waals surface area contributed by atoms with Gasteiger partial charge >= 0.3 is 0 Å². The Morgan fingerprint density at radius 3 is 2.58 bits per heavy atom. The third-order valence-corrected chi connectivity index (χ3v) is 10.3. The fourth-order valence-corrected chi connectivity index (χ4v) is 8.55. The van der Waals surface area contributed by atoms with Crippen molar-refractivity contribution in [3.8, 4) is 5.75 Å². The van der Waals surface area contributed by atoms with Gasteiger partial charge in [-0.05, 0) is 97.3 Å². The molecule has 1 heterocycles. The van der Waals surface area contributed by atoms with Crippen LogP contribution in [0.2, 0.25) is 0 Å². The summed E-state index contributed by atoms with van der Waals surface area (Å²) in [5.41, 5.74) is 0.592. The van der Waals surface area contributed by atoms with Crippen LogP contribution in [0.4, 0.5) is 3.89 Å². The van der Waals surface area contributed by atoms with Gasteiger partial charge in [-0.15, -0.1) is 0 Å². The number of piperidine rings is 1. The Morgan fingerprint density at radius 2 is 1.87 bits per heavy atom. The molecule has 8 atom stereocenters. The van der Waals surface area contributed by atoms with Gasteiger partial charge in [0.25, 0.3) is 0 Å². The highest BCUT2D eigenvalue weighted by Crippen LogP contribution is 2.66. The van der Waals surface area contributed by atoms with Crippen molar-refractivity contribution in [3.05, 3.63) is 24.3 Å². The number of nitrogens with zero attached hydrogens (tertiary/aromatic N) is 1. The minimum Gasteiger partial charge on any atom is -0.490 e. The largest absolute Gasteiger partial charge is 0.490 e. The Hall–Kier alpha value is -1.23. The highest BCUT2D eigenvalue weighted by atomic mass is 32.2. The molecule has 3 saturated carbocycles. The summed E-state index contributed by atoms with van der Waals surface area (Å²) in [5, 5.41) is 0. The molecule has 1 aromatic rings. The van der Waals surface area contributed by atoms with E-state index in [0.717, 1.165) is 37.4 Å². The molecule has 1 aliphatic heterocycles. The number of rotatable bonds is 3. The Morgan fingerprint density at radius 1 is 1.13 bits per heavy atom. The van der Waals surface area contributed by atoms with Crippen LogP contribution in [-0.4, -0.2) is 30.0 Å². The van der Waals surface area contributed by atoms with Crippen LogP contribution in [0.3, 0.4) is 0 Å². The molecule has 170 valence electrons. The van der Waals surface area contributed by atoms with E-state index in [1.54, 1.807) is 12.1 Å². The first-order chi connectivity index (χ1) is 14.7. The third kappa shape index (κ3) is 3.41. The van der Waals surface area contributed by atoms with Crippen LogP contribution in [0.15, 0.2) is 29.2 Å². The third-order valence-electron chi connectivity index (χ3n) is 9.88. The topological polar surface area (TPSA) is 29.5 Å². The van der Waals surface area contributed by atoms with Crippen molar-refractivity contribution >= 4 is 18.1 Å². The SMILES string of the molecule is CC1CC2N(C)C(=O)CC[C@]2(C)[C@@H]2CC[C@]3(C)CC(Oc4ccc(SF)cc4)C[C@H]3[C@H]12. The zero-order chi connectivity index (χ0) is 22.0. The molecule has 0 aromatic heterocycles. The zero-order valence-corrected chi connectivity index (χ0v) is 20.1. The number of carbonyl (C=O) groups excluding carboxylic acids is 1. The van der Waals surface area contributed by atoms with E-state index < -0.39 is 0 Å². The highest BCUT2D eigenvalue weighted by Gasteiger charge is 2.62. The summed E-state index contributed by atoms with van der Waals surface area (Å²) in [6.45, 7) is 7.43. The van der Waals surface area contributed by atoms with Gasteiger partial charge in [0, 0.05) is 24.4 Å². The quantitative estimate of drug-likeness (QED) is 0.530. The van der Waals surface area contributed by atoms with E-state index >= 15 is 0 Å². The van der Waals surface area contributed by atoms with E-state index in [4.69, 9.17) is 4.74 Å². The second-order valence-corrected chi connectivity index (χ2v) is 12.1. The van der Waals surface area contributed by atoms with E-state index in [1.165, 1.54) is 12.8 Å². The summed E-state index contributed by atoms with van der Waals surface area (Å²) in [6, 6.07) is 7.79. The highest BCUT2D eigenvalue weighted by molar-refractivity contribution is 7.94. The predicted octanol–water partition coefficient (Wildman–Crippen LogP) is 6.52. The van der Waals surface area contributed by atoms with E-state index in [9.17, 15) is 8.68 Å². The molecule has 0 bridgehead atoms. The standard InChI is InChI=1S/C26H36FNO2S/c1-16-13-22-26(3,12-10-23(29)28(22)4)20-9-11-25(2)15-18(14-21(25)24(16)20)30-17-5-7-19(31-27)8-6-17/h5-8,16,18,20-22,24H,9-15H2,1-4H3/t16?,18?,20-,21+,22?,24-,25-,26-/m1/s1. The maximum absolute atomic E-state index is 12.8. The van der Waals surface area contributed by atoms with Gasteiger partial charge in [0.15, 0.2) is 0 Å². The van der Waals surface area contributed by atoms with Crippen LogP contribution in [0, 0.1) is 34.5 Å². The van der Waals surface area contributed by atoms with E-state index in [-0.39, 0.29) is 23.7 Å². The Balaban J connectivity index is 1.37. The normalized spacial score (nSPS) is 44.4. The van der Waals surface area contributed by atoms with E-state index in [0.29, 0.717) is 46.4 Å². The van der Waals surface area contributed by atoms with Crippen molar-refractivity contribution in [2.45, 2.75) is 82.8 Å². The summed E-state index contributed by atoms with van der Waals surface area (Å²) in [7, 11) is 2.04. The molecule has 1 aromatic carbocycles. The number of benzene rings is 1. The van der Waals surface area contributed by atoms with Gasteiger partial charge in [-0.1, -0.05) is 20.8 Å². The number of hydrogen-bond acceptors (Lipinski definition) is 3. The molecule has 1 saturated heterocycles. The van der Waals surface area contributed by atoms with Crippen LogP contribution < -0.4 is 4.74 Å². The minimum absolute atomic E-state index is 0.242. The van der Waals surface area contributed by atoms with Crippen molar-refractivity contribution < 1.29 is 13.4 Å². The summed E-state index contributed by atoms with van der Waals surface area (Å²) < 4.78 is 19.2. The van der Waals surface area contributed by atoms with Crippen molar-refractivity contribution in [2.24, 2.45) is 34.5 Å². The van der Waals surface area contributed by atoms with Crippen LogP contribution >= 0.6 is 12.1 Å². The summed E-state index contributed by atoms with van der Waals surface area (Å²) in [6.07, 6.45) is 7.93. The number of ether oxygens (including phenoxy) is 1. The summed E-state index contributed by atoms with van der Waals surface area (Å²) in [4.78, 5) is 15.1. The average molecular weight is 446 g/mol. The van der Waals surface area contributed by atoms with Gasteiger partial charge in [0.2, 0.25) is 5.91 Å². The molecule has 4 fully saturated rings. The fraction of sp³-hybridized carbons (Fsp3) is 0.731. The molecule has 4 aliphatic rings. The number of halogens is 1. The van der Waals surface area contributed by atoms with Gasteiger partial charge in [0.05, 0.1) is 18.3 Å². The molecule has 5 heteroatoms. The van der Waals surface area contributed by atoms with E-state index in [1.807, 2.05) is 19.2 Å². The maximum Gasteiger partial charge on any atom is 0.222 e. The second kappa shape index (κ2) is 7.67. The summed E-state index contributed by atoms with van der Waals surface area (Å²) in [5.74, 6) is 3.95. The first kappa shape index (κ1) is 21.6.